The van der Waals surface area contributed by atoms with Crippen LogP contribution >= 0.6 is 0 Å². The number of aromatic hydroxyl groups is 1. The maximum atomic E-state index is 13.6. The second kappa shape index (κ2) is 9.85. The van der Waals surface area contributed by atoms with Crippen LogP contribution in [0, 0.1) is 17.2 Å². The fourth-order valence-corrected chi connectivity index (χ4v) is 5.75. The highest BCUT2D eigenvalue weighted by Gasteiger charge is 2.56. The number of phenolic OH excluding ortho intramolecular Hbond substituents is 1. The number of rotatable bonds is 7. The Morgan fingerprint density at radius 1 is 1.24 bits per heavy atom. The number of Topliss-reactive ketones (excluding diaryl/α,β-unsaturated/α-hetero) is 1. The van der Waals surface area contributed by atoms with Crippen LogP contribution in [0.5, 0.6) is 5.75 Å². The Hall–Kier alpha value is -3.92. The number of nitrogens with one attached hydrogen (secondary N) is 1. The summed E-state index contributed by atoms with van der Waals surface area (Å²) >= 11 is 0. The van der Waals surface area contributed by atoms with Crippen molar-refractivity contribution in [3.8, 4) is 5.75 Å². The lowest BCUT2D eigenvalue weighted by Crippen LogP contribution is -2.62. The Labute approximate surface area is 213 Å². The number of carbonyl (C=O) groups is 3. The number of amides is 1. The zero-order chi connectivity index (χ0) is 27.1. The average Bonchev–Trinajstić information content (AvgIpc) is 2.80. The number of carbonyl (C=O) groups excluding carboxylic acids is 3. The molecule has 1 amide bonds. The quantitative estimate of drug-likeness (QED) is 0.183. The van der Waals surface area contributed by atoms with Gasteiger partial charge in [-0.25, -0.2) is 4.79 Å². The van der Waals surface area contributed by atoms with E-state index in [-0.39, 0.29) is 36.1 Å². The van der Waals surface area contributed by atoms with Gasteiger partial charge in [-0.2, -0.15) is 0 Å². The normalized spacial score (nSPS) is 25.1. The first kappa shape index (κ1) is 26.2. The van der Waals surface area contributed by atoms with Crippen molar-refractivity contribution in [2.75, 3.05) is 6.61 Å². The van der Waals surface area contributed by atoms with Crippen molar-refractivity contribution < 1.29 is 34.4 Å². The largest absolute Gasteiger partial charge is 0.511 e. The zero-order valence-corrected chi connectivity index (χ0v) is 20.5. The smallest absolute Gasteiger partial charge is 0.330 e. The highest BCUT2D eigenvalue weighted by atomic mass is 16.5. The molecule has 0 spiro atoms. The Balaban J connectivity index is 1.70. The molecule has 0 aliphatic heterocycles. The summed E-state index contributed by atoms with van der Waals surface area (Å²) in [5.41, 5.74) is 10.8. The van der Waals surface area contributed by atoms with Crippen LogP contribution in [0.15, 0.2) is 35.1 Å². The number of aliphatic hydroxyl groups excluding tert-OH is 2. The van der Waals surface area contributed by atoms with Crippen LogP contribution in [0.4, 0.5) is 0 Å². The number of phenols is 1. The van der Waals surface area contributed by atoms with Gasteiger partial charge in [-0.3, -0.25) is 9.59 Å². The molecule has 37 heavy (non-hydrogen) atoms. The SMILES string of the molecule is CCCCCOC(=O)/C=C/c1ccc(O)c2c1C[C@H]1C[C@@]3(N)CC(O)=C(C(N)=O)C(=N)C3C(=O)C1=C2O. The average molecular weight is 510 g/mol. The molecule has 1 saturated carbocycles. The topological polar surface area (TPSA) is 197 Å². The van der Waals surface area contributed by atoms with Crippen LogP contribution < -0.4 is 11.5 Å². The predicted molar refractivity (Wildman–Crippen MR) is 136 cm³/mol. The Morgan fingerprint density at radius 3 is 2.65 bits per heavy atom. The number of primary amides is 1. The Kier molecular flexibility index (Phi) is 6.96. The molecular weight excluding hydrogens is 478 g/mol. The molecular formula is C27H31N3O7. The summed E-state index contributed by atoms with van der Waals surface area (Å²) in [6, 6.07) is 2.96. The molecule has 3 aliphatic rings. The number of unbranched alkanes of at least 4 members (excludes halogenated alkanes) is 2. The fraction of sp³-hybridized carbons (Fsp3) is 0.407. The third-order valence-electron chi connectivity index (χ3n) is 7.39. The minimum atomic E-state index is -1.36. The number of hydrogen-bond acceptors (Lipinski definition) is 9. The summed E-state index contributed by atoms with van der Waals surface area (Å²) in [7, 11) is 0. The third kappa shape index (κ3) is 4.53. The van der Waals surface area contributed by atoms with Crippen LogP contribution in [0.2, 0.25) is 0 Å². The molecule has 1 aromatic carbocycles. The van der Waals surface area contributed by atoms with E-state index in [0.717, 1.165) is 19.3 Å². The van der Waals surface area contributed by atoms with Crippen molar-refractivity contribution in [2.24, 2.45) is 23.3 Å². The van der Waals surface area contributed by atoms with Gasteiger partial charge in [0.15, 0.2) is 5.78 Å². The highest BCUT2D eigenvalue weighted by Crippen LogP contribution is 2.51. The minimum absolute atomic E-state index is 0.0142. The number of fused-ring (bicyclic) bond motifs is 3. The number of ether oxygens (including phenoxy) is 1. The van der Waals surface area contributed by atoms with E-state index in [0.29, 0.717) is 17.7 Å². The second-order valence-corrected chi connectivity index (χ2v) is 9.91. The number of esters is 1. The molecule has 3 atom stereocenters. The van der Waals surface area contributed by atoms with Crippen molar-refractivity contribution >= 4 is 35.2 Å². The van der Waals surface area contributed by atoms with Gasteiger partial charge in [-0.1, -0.05) is 25.8 Å². The van der Waals surface area contributed by atoms with Crippen LogP contribution in [0.3, 0.4) is 0 Å². The maximum absolute atomic E-state index is 13.6. The molecule has 3 aliphatic carbocycles. The van der Waals surface area contributed by atoms with Crippen LogP contribution in [0.1, 0.15) is 55.7 Å². The van der Waals surface area contributed by atoms with Gasteiger partial charge in [0.25, 0.3) is 5.91 Å². The number of aliphatic hydroxyl groups is 2. The third-order valence-corrected chi connectivity index (χ3v) is 7.39. The van der Waals surface area contributed by atoms with E-state index in [1.807, 2.05) is 6.92 Å². The van der Waals surface area contributed by atoms with Gasteiger partial charge in [0.2, 0.25) is 0 Å². The molecule has 8 N–H and O–H groups in total. The van der Waals surface area contributed by atoms with E-state index in [9.17, 15) is 29.7 Å². The molecule has 0 radical (unpaired) electrons. The maximum Gasteiger partial charge on any atom is 0.330 e. The molecule has 1 unspecified atom stereocenters. The second-order valence-electron chi connectivity index (χ2n) is 9.91. The van der Waals surface area contributed by atoms with E-state index >= 15 is 0 Å². The lowest BCUT2D eigenvalue weighted by atomic mass is 9.57. The summed E-state index contributed by atoms with van der Waals surface area (Å²) in [6.45, 7) is 2.36. The van der Waals surface area contributed by atoms with Crippen LogP contribution in [-0.2, 0) is 25.5 Å². The first-order chi connectivity index (χ1) is 17.5. The van der Waals surface area contributed by atoms with Gasteiger partial charge in [-0.05, 0) is 48.4 Å². The van der Waals surface area contributed by atoms with Crippen LogP contribution in [0.25, 0.3) is 11.8 Å². The summed E-state index contributed by atoms with van der Waals surface area (Å²) in [6.07, 6.45) is 5.66. The van der Waals surface area contributed by atoms with Crippen molar-refractivity contribution in [3.05, 3.63) is 51.8 Å². The van der Waals surface area contributed by atoms with Gasteiger partial charge < -0.3 is 36.9 Å². The van der Waals surface area contributed by atoms with E-state index < -0.39 is 57.8 Å². The molecule has 0 saturated heterocycles. The lowest BCUT2D eigenvalue weighted by molar-refractivity contribution is -0.137. The summed E-state index contributed by atoms with van der Waals surface area (Å²) < 4.78 is 5.20. The van der Waals surface area contributed by atoms with Gasteiger partial charge in [0, 0.05) is 23.6 Å². The first-order valence-corrected chi connectivity index (χ1v) is 12.3. The first-order valence-electron chi connectivity index (χ1n) is 12.3. The van der Waals surface area contributed by atoms with Gasteiger partial charge in [0.05, 0.1) is 29.4 Å². The lowest BCUT2D eigenvalue weighted by Gasteiger charge is -2.48. The number of hydrogen-bond donors (Lipinski definition) is 6. The molecule has 1 aromatic rings. The number of nitrogens with two attached hydrogens (primary N) is 2. The molecule has 196 valence electrons. The molecule has 10 heteroatoms. The minimum Gasteiger partial charge on any atom is -0.511 e. The summed E-state index contributed by atoms with van der Waals surface area (Å²) in [5, 5.41) is 40.6. The highest BCUT2D eigenvalue weighted by molar-refractivity contribution is 6.30. The number of benzene rings is 1. The van der Waals surface area contributed by atoms with E-state index in [1.54, 1.807) is 6.07 Å². The monoisotopic (exact) mass is 509 g/mol. The van der Waals surface area contributed by atoms with Crippen molar-refractivity contribution in [3.63, 3.8) is 0 Å². The van der Waals surface area contributed by atoms with E-state index in [4.69, 9.17) is 21.6 Å². The molecule has 4 rings (SSSR count). The van der Waals surface area contributed by atoms with Crippen molar-refractivity contribution in [1.82, 2.24) is 0 Å². The predicted octanol–water partition coefficient (Wildman–Crippen LogP) is 2.59. The zero-order valence-electron chi connectivity index (χ0n) is 20.5. The van der Waals surface area contributed by atoms with Gasteiger partial charge >= 0.3 is 5.97 Å². The van der Waals surface area contributed by atoms with Crippen LogP contribution in [-0.4, -0.2) is 50.8 Å². The van der Waals surface area contributed by atoms with E-state index in [2.05, 4.69) is 0 Å². The van der Waals surface area contributed by atoms with E-state index in [1.165, 1.54) is 18.2 Å². The molecule has 0 aromatic heterocycles. The molecule has 10 nitrogen and oxygen atoms in total. The Bertz CT molecular complexity index is 1290. The molecule has 0 bridgehead atoms. The van der Waals surface area contributed by atoms with Gasteiger partial charge in [0.1, 0.15) is 17.3 Å². The molecule has 1 fully saturated rings. The summed E-state index contributed by atoms with van der Waals surface area (Å²) in [4.78, 5) is 37.6. The number of ketones is 1. The van der Waals surface area contributed by atoms with Gasteiger partial charge in [-0.15, -0.1) is 0 Å². The summed E-state index contributed by atoms with van der Waals surface area (Å²) in [5.74, 6) is -5.17. The Morgan fingerprint density at radius 2 is 1.97 bits per heavy atom. The fourth-order valence-electron chi connectivity index (χ4n) is 5.75. The van der Waals surface area contributed by atoms with Crippen molar-refractivity contribution in [1.29, 1.82) is 5.41 Å². The van der Waals surface area contributed by atoms with Crippen molar-refractivity contribution in [2.45, 2.75) is 51.0 Å². The standard InChI is InChI=1S/C27H31N3O7/c1-2-3-4-9-37-18(33)8-6-13-5-7-16(31)20-15(13)10-14-11-27(30)12-17(32)21(26(29)36)23(28)22(27)25(35)19(14)24(20)34/h5-8,14,22,28,31-32,34H,2-4,9-12,30H2,1H3,(H2,29,36)/b8-6+,28-23?/t14-,22?,27+/m0/s1. The number of allylic oxidation sites excluding steroid dienone is 1. The molecule has 0 heterocycles.